The first kappa shape index (κ1) is 23.2. The van der Waals surface area contributed by atoms with Gasteiger partial charge in [-0.3, -0.25) is 4.79 Å². The number of benzene rings is 2. The SMILES string of the molecule is CN(C)S(=O)(=O)N(CC(=O)NCC1(c2ccccc2)CCOCC1)c1ccccc1F. The van der Waals surface area contributed by atoms with Crippen LogP contribution in [0.1, 0.15) is 18.4 Å². The molecule has 9 heteroatoms. The van der Waals surface area contributed by atoms with Gasteiger partial charge in [-0.05, 0) is 30.5 Å². The van der Waals surface area contributed by atoms with E-state index in [1.807, 2.05) is 30.3 Å². The van der Waals surface area contributed by atoms with Crippen LogP contribution in [0.15, 0.2) is 54.6 Å². The number of hydrogen-bond donors (Lipinski definition) is 1. The number of nitrogens with zero attached hydrogens (tertiary/aromatic N) is 2. The minimum absolute atomic E-state index is 0.171. The van der Waals surface area contributed by atoms with Gasteiger partial charge in [0.25, 0.3) is 0 Å². The molecule has 0 aliphatic carbocycles. The first-order chi connectivity index (χ1) is 14.8. The third kappa shape index (κ3) is 5.23. The maximum atomic E-state index is 14.4. The molecule has 3 rings (SSSR count). The molecule has 1 saturated heterocycles. The lowest BCUT2D eigenvalue weighted by molar-refractivity contribution is -0.120. The third-order valence-corrected chi connectivity index (χ3v) is 7.41. The Morgan fingerprint density at radius 3 is 2.29 bits per heavy atom. The fourth-order valence-electron chi connectivity index (χ4n) is 3.72. The van der Waals surface area contributed by atoms with E-state index in [-0.39, 0.29) is 11.1 Å². The number of carbonyl (C=O) groups excluding carboxylic acids is 1. The Morgan fingerprint density at radius 1 is 1.06 bits per heavy atom. The molecule has 7 nitrogen and oxygen atoms in total. The molecule has 0 atom stereocenters. The van der Waals surface area contributed by atoms with E-state index in [4.69, 9.17) is 4.74 Å². The van der Waals surface area contributed by atoms with Crippen LogP contribution in [0.25, 0.3) is 0 Å². The van der Waals surface area contributed by atoms with Gasteiger partial charge in [0.15, 0.2) is 0 Å². The number of para-hydroxylation sites is 1. The van der Waals surface area contributed by atoms with Crippen molar-refractivity contribution >= 4 is 21.8 Å². The van der Waals surface area contributed by atoms with Crippen molar-refractivity contribution in [2.45, 2.75) is 18.3 Å². The van der Waals surface area contributed by atoms with Crippen molar-refractivity contribution in [2.75, 3.05) is 44.7 Å². The number of halogens is 1. The van der Waals surface area contributed by atoms with Crippen LogP contribution in [0.2, 0.25) is 0 Å². The number of anilines is 1. The van der Waals surface area contributed by atoms with Gasteiger partial charge in [0, 0.05) is 39.3 Å². The molecule has 1 amide bonds. The van der Waals surface area contributed by atoms with Gasteiger partial charge in [-0.25, -0.2) is 8.70 Å². The normalized spacial score (nSPS) is 16.1. The molecule has 0 bridgehead atoms. The highest BCUT2D eigenvalue weighted by Crippen LogP contribution is 2.34. The summed E-state index contributed by atoms with van der Waals surface area (Å²) in [7, 11) is -1.39. The first-order valence-electron chi connectivity index (χ1n) is 10.1. The Labute approximate surface area is 183 Å². The Balaban J connectivity index is 1.80. The van der Waals surface area contributed by atoms with Gasteiger partial charge in [-0.15, -0.1) is 0 Å². The van der Waals surface area contributed by atoms with Gasteiger partial charge in [0.1, 0.15) is 12.4 Å². The van der Waals surface area contributed by atoms with Crippen LogP contribution in [0.5, 0.6) is 0 Å². The van der Waals surface area contributed by atoms with Crippen LogP contribution < -0.4 is 9.62 Å². The standard InChI is InChI=1S/C22H28FN3O4S/c1-25(2)31(28,29)26(20-11-7-6-10-19(20)23)16-21(27)24-17-22(12-14-30-15-13-22)18-8-4-3-5-9-18/h3-11H,12-17H2,1-2H3,(H,24,27). The lowest BCUT2D eigenvalue weighted by Gasteiger charge is -2.38. The van der Waals surface area contributed by atoms with E-state index in [0.717, 1.165) is 33.1 Å². The van der Waals surface area contributed by atoms with Crippen molar-refractivity contribution in [3.63, 3.8) is 0 Å². The zero-order valence-electron chi connectivity index (χ0n) is 17.8. The van der Waals surface area contributed by atoms with E-state index in [2.05, 4.69) is 5.32 Å². The second kappa shape index (κ2) is 9.76. The quantitative estimate of drug-likeness (QED) is 0.671. The Kier molecular flexibility index (Phi) is 7.30. The molecule has 1 aliphatic rings. The molecule has 0 spiro atoms. The van der Waals surface area contributed by atoms with Crippen molar-refractivity contribution < 1.29 is 22.3 Å². The first-order valence-corrected chi connectivity index (χ1v) is 11.5. The van der Waals surface area contributed by atoms with Gasteiger partial charge < -0.3 is 10.1 Å². The summed E-state index contributed by atoms with van der Waals surface area (Å²) in [5, 5.41) is 2.88. The lowest BCUT2D eigenvalue weighted by atomic mass is 9.74. The van der Waals surface area contributed by atoms with E-state index in [1.165, 1.54) is 32.3 Å². The number of carbonyl (C=O) groups is 1. The monoisotopic (exact) mass is 449 g/mol. The molecule has 0 aromatic heterocycles. The second-order valence-corrected chi connectivity index (χ2v) is 9.85. The number of nitrogens with one attached hydrogen (secondary N) is 1. The molecule has 0 radical (unpaired) electrons. The minimum atomic E-state index is -4.07. The molecule has 1 N–H and O–H groups in total. The molecule has 31 heavy (non-hydrogen) atoms. The molecule has 168 valence electrons. The molecule has 2 aromatic rings. The average molecular weight is 450 g/mol. The summed E-state index contributed by atoms with van der Waals surface area (Å²) in [5.74, 6) is -1.22. The molecule has 2 aromatic carbocycles. The number of rotatable bonds is 8. The fraction of sp³-hybridized carbons (Fsp3) is 0.409. The smallest absolute Gasteiger partial charge is 0.304 e. The summed E-state index contributed by atoms with van der Waals surface area (Å²) in [5.41, 5.74) is 0.638. The molecule has 1 heterocycles. The van der Waals surface area contributed by atoms with Gasteiger partial charge in [-0.2, -0.15) is 12.7 Å². The highest BCUT2D eigenvalue weighted by Gasteiger charge is 2.35. The number of ether oxygens (including phenoxy) is 1. The maximum absolute atomic E-state index is 14.4. The van der Waals surface area contributed by atoms with Crippen LogP contribution in [0.4, 0.5) is 10.1 Å². The molecule has 0 saturated carbocycles. The van der Waals surface area contributed by atoms with Crippen LogP contribution in [-0.2, 0) is 25.2 Å². The number of hydrogen-bond acceptors (Lipinski definition) is 4. The van der Waals surface area contributed by atoms with E-state index in [9.17, 15) is 17.6 Å². The van der Waals surface area contributed by atoms with E-state index in [0.29, 0.717) is 19.8 Å². The lowest BCUT2D eigenvalue weighted by Crippen LogP contribution is -2.49. The summed E-state index contributed by atoms with van der Waals surface area (Å²) in [6.07, 6.45) is 1.48. The number of amides is 1. The molecule has 0 unspecified atom stereocenters. The summed E-state index contributed by atoms with van der Waals surface area (Å²) >= 11 is 0. The van der Waals surface area contributed by atoms with Crippen molar-refractivity contribution in [3.8, 4) is 0 Å². The zero-order valence-corrected chi connectivity index (χ0v) is 18.6. The average Bonchev–Trinajstić information content (AvgIpc) is 2.78. The highest BCUT2D eigenvalue weighted by atomic mass is 32.2. The Bertz CT molecular complexity index is 993. The van der Waals surface area contributed by atoms with Crippen molar-refractivity contribution in [1.82, 2.24) is 9.62 Å². The predicted molar refractivity (Wildman–Crippen MR) is 118 cm³/mol. The summed E-state index contributed by atoms with van der Waals surface area (Å²) in [4.78, 5) is 12.8. The largest absolute Gasteiger partial charge is 0.381 e. The highest BCUT2D eigenvalue weighted by molar-refractivity contribution is 7.90. The second-order valence-electron chi connectivity index (χ2n) is 7.78. The van der Waals surface area contributed by atoms with Crippen molar-refractivity contribution in [3.05, 3.63) is 66.0 Å². The predicted octanol–water partition coefficient (Wildman–Crippen LogP) is 2.30. The van der Waals surface area contributed by atoms with Crippen LogP contribution >= 0.6 is 0 Å². The van der Waals surface area contributed by atoms with E-state index < -0.39 is 28.5 Å². The van der Waals surface area contributed by atoms with Crippen molar-refractivity contribution in [1.29, 1.82) is 0 Å². The Hall–Kier alpha value is -2.49. The van der Waals surface area contributed by atoms with Gasteiger partial charge >= 0.3 is 10.2 Å². The summed E-state index contributed by atoms with van der Waals surface area (Å²) < 4.78 is 47.2. The van der Waals surface area contributed by atoms with Crippen LogP contribution in [-0.4, -0.2) is 59.0 Å². The topological polar surface area (TPSA) is 79.0 Å². The van der Waals surface area contributed by atoms with Gasteiger partial charge in [0.05, 0.1) is 5.69 Å². The third-order valence-electron chi connectivity index (χ3n) is 5.61. The fourth-order valence-corrected chi connectivity index (χ4v) is 4.79. The zero-order chi connectivity index (χ0) is 22.5. The molecule has 1 aliphatic heterocycles. The van der Waals surface area contributed by atoms with Crippen molar-refractivity contribution in [2.24, 2.45) is 0 Å². The van der Waals surface area contributed by atoms with E-state index >= 15 is 0 Å². The van der Waals surface area contributed by atoms with Gasteiger partial charge in [-0.1, -0.05) is 42.5 Å². The van der Waals surface area contributed by atoms with E-state index in [1.54, 1.807) is 0 Å². The van der Waals surface area contributed by atoms with Crippen LogP contribution in [0, 0.1) is 5.82 Å². The molecule has 1 fully saturated rings. The van der Waals surface area contributed by atoms with Gasteiger partial charge in [0.2, 0.25) is 5.91 Å². The van der Waals surface area contributed by atoms with Crippen LogP contribution in [0.3, 0.4) is 0 Å². The Morgan fingerprint density at radius 2 is 1.68 bits per heavy atom. The molecular formula is C22H28FN3O4S. The maximum Gasteiger partial charge on any atom is 0.304 e. The summed E-state index contributed by atoms with van der Waals surface area (Å²) in [6, 6.07) is 15.4. The molecular weight excluding hydrogens is 421 g/mol. The minimum Gasteiger partial charge on any atom is -0.381 e. The summed E-state index contributed by atoms with van der Waals surface area (Å²) in [6.45, 7) is 0.984.